The van der Waals surface area contributed by atoms with Gasteiger partial charge in [0.2, 0.25) is 17.5 Å². The van der Waals surface area contributed by atoms with Gasteiger partial charge in [-0.15, -0.1) is 0 Å². The Hall–Kier alpha value is -4.27. The summed E-state index contributed by atoms with van der Waals surface area (Å²) in [4.78, 5) is 14.6. The van der Waals surface area contributed by atoms with Crippen molar-refractivity contribution in [2.75, 3.05) is 26.9 Å². The molecule has 6 heterocycles. The molecule has 0 radical (unpaired) electrons. The number of ether oxygens (including phenoxy) is 11. The molecule has 0 spiro atoms. The zero-order chi connectivity index (χ0) is 55.3. The SMILES string of the molecule is COc1cc(-c2oc3cc(O)cc(O)c3c(=O)c2O[C@@H]2O[C@H](CO[C@@H]3O[C@@H](C)[C@H](O)[C@@H](O)[C@H]3O[C@@H]3O[C@H](CO)[C@@H](O)[C@H](O)[C@H]3O)[C@@H](O)[C@H](O)[C@H]2O[C@@H]2O[C@@H](C)[C@H](O)[C@@H](O[C@@H]3O[C@H](CO)[C@@H](O)[C@H](O)[C@H]3O)[C@H]2O)ccc1O. The minimum absolute atomic E-state index is 0.0583. The fourth-order valence-corrected chi connectivity index (χ4v) is 9.35. The van der Waals surface area contributed by atoms with Crippen LogP contribution in [-0.2, 0) is 42.6 Å². The summed E-state index contributed by atoms with van der Waals surface area (Å²) in [6.45, 7) is -0.0144. The Morgan fingerprint density at radius 2 is 1.03 bits per heavy atom. The monoisotopic (exact) mass is 1090 g/mol. The van der Waals surface area contributed by atoms with Crippen LogP contribution in [0.15, 0.2) is 39.5 Å². The van der Waals surface area contributed by atoms with Crippen LogP contribution in [0.3, 0.4) is 0 Å². The van der Waals surface area contributed by atoms with Crippen molar-refractivity contribution in [1.29, 1.82) is 0 Å². The Balaban J connectivity index is 1.14. The quantitative estimate of drug-likeness (QED) is 0.0672. The summed E-state index contributed by atoms with van der Waals surface area (Å²) in [5, 5.41) is 182. The number of hydrogen-bond acceptors (Lipinski definition) is 30. The molecule has 5 aliphatic rings. The summed E-state index contributed by atoms with van der Waals surface area (Å²) in [5.41, 5.74) is -1.63. The van der Waals surface area contributed by atoms with Crippen molar-refractivity contribution >= 4 is 11.0 Å². The molecular formula is C46H62O30. The van der Waals surface area contributed by atoms with Crippen molar-refractivity contribution < 1.29 is 143 Å². The predicted octanol–water partition coefficient (Wildman–Crippen LogP) is -6.88. The molecule has 0 aliphatic carbocycles. The van der Waals surface area contributed by atoms with Crippen LogP contribution in [-0.4, -0.2) is 267 Å². The lowest BCUT2D eigenvalue weighted by Gasteiger charge is -2.48. The zero-order valence-corrected chi connectivity index (χ0v) is 40.4. The average molecular weight is 1090 g/mol. The summed E-state index contributed by atoms with van der Waals surface area (Å²) < 4.78 is 69.6. The van der Waals surface area contributed by atoms with Gasteiger partial charge in [-0.25, -0.2) is 0 Å². The maximum Gasteiger partial charge on any atom is 0.239 e. The molecule has 25 atom stereocenters. The fourth-order valence-electron chi connectivity index (χ4n) is 9.35. The molecule has 0 bridgehead atoms. The Kier molecular flexibility index (Phi) is 18.0. The normalized spacial score (nSPS) is 42.2. The first-order valence-electron chi connectivity index (χ1n) is 23.8. The molecule has 30 nitrogen and oxygen atoms in total. The van der Waals surface area contributed by atoms with Gasteiger partial charge in [0, 0.05) is 17.7 Å². The van der Waals surface area contributed by atoms with Crippen molar-refractivity contribution in [2.45, 2.75) is 167 Å². The van der Waals surface area contributed by atoms with Crippen molar-refractivity contribution in [3.8, 4) is 40.1 Å². The molecule has 5 saturated heterocycles. The number of hydrogen-bond donors (Lipinski definition) is 17. The van der Waals surface area contributed by atoms with Crippen molar-refractivity contribution in [3.05, 3.63) is 40.6 Å². The van der Waals surface area contributed by atoms with Gasteiger partial charge in [0.05, 0.1) is 39.1 Å². The van der Waals surface area contributed by atoms with E-state index in [9.17, 15) is 91.6 Å². The number of aromatic hydroxyl groups is 3. The standard InChI is InChI=1S/C46H62O30/c1-12-24(52)32(60)40(75-43-35(63)31(59)27(55)21(10-48)71-43)45(68-12)66-11-22-28(56)33(61)41(76-44-36(64)38(25(53)13(2)67-44)73-42-34(62)30(58)26(54)20(9-47)70-42)46(72-22)74-39-29(57)23-17(51)7-15(49)8-19(23)69-37(39)14-4-5-16(50)18(6-14)65-3/h4-8,12-13,20-22,24-28,30-36,38,40-56,58-64H,9-11H2,1-3H3/t12-,13-,20+,21+,22+,24-,25-,26+,27+,28+,30-,31-,32+,33-,34+,35+,36+,38+,40+,41+,42-,43-,44-,45+,46-/m0/s1. The fraction of sp³-hybridized carbons (Fsp3) is 0.674. The molecule has 3 aromatic rings. The summed E-state index contributed by atoms with van der Waals surface area (Å²) >= 11 is 0. The largest absolute Gasteiger partial charge is 0.508 e. The first kappa shape index (κ1) is 57.9. The van der Waals surface area contributed by atoms with Crippen molar-refractivity contribution in [2.24, 2.45) is 0 Å². The Morgan fingerprint density at radius 1 is 0.513 bits per heavy atom. The summed E-state index contributed by atoms with van der Waals surface area (Å²) in [6.07, 6.45) is -46.5. The highest BCUT2D eigenvalue weighted by Crippen LogP contribution is 2.41. The lowest BCUT2D eigenvalue weighted by molar-refractivity contribution is -0.383. The first-order chi connectivity index (χ1) is 36.0. The van der Waals surface area contributed by atoms with Crippen molar-refractivity contribution in [1.82, 2.24) is 0 Å². The topological polar surface area (TPSA) is 476 Å². The van der Waals surface area contributed by atoms with Gasteiger partial charge >= 0.3 is 0 Å². The Bertz CT molecular complexity index is 2490. The van der Waals surface area contributed by atoms with E-state index in [2.05, 4.69) is 0 Å². The second-order valence-corrected chi connectivity index (χ2v) is 18.9. The number of aliphatic hydroxyl groups is 14. The number of fused-ring (bicyclic) bond motifs is 1. The highest BCUT2D eigenvalue weighted by molar-refractivity contribution is 5.88. The number of rotatable bonds is 15. The van der Waals surface area contributed by atoms with Gasteiger partial charge < -0.3 is 143 Å². The van der Waals surface area contributed by atoms with Gasteiger partial charge in [0.15, 0.2) is 48.5 Å². The second-order valence-electron chi connectivity index (χ2n) is 18.9. The average Bonchev–Trinajstić information content (AvgIpc) is 3.41. The van der Waals surface area contributed by atoms with E-state index in [1.54, 1.807) is 0 Å². The molecule has 5 fully saturated rings. The predicted molar refractivity (Wildman–Crippen MR) is 242 cm³/mol. The Morgan fingerprint density at radius 3 is 1.62 bits per heavy atom. The lowest BCUT2D eigenvalue weighted by Crippen LogP contribution is -2.67. The molecule has 5 aliphatic heterocycles. The lowest BCUT2D eigenvalue weighted by atomic mass is 9.96. The van der Waals surface area contributed by atoms with Gasteiger partial charge in [-0.1, -0.05) is 0 Å². The molecule has 426 valence electrons. The summed E-state index contributed by atoms with van der Waals surface area (Å²) in [7, 11) is 1.21. The third kappa shape index (κ3) is 11.2. The van der Waals surface area contributed by atoms with E-state index < -0.39 is 213 Å². The smallest absolute Gasteiger partial charge is 0.239 e. The minimum atomic E-state index is -2.26. The molecule has 17 N–H and O–H groups in total. The molecule has 30 heteroatoms. The Labute approximate surface area is 428 Å². The third-order valence-corrected chi connectivity index (χ3v) is 13.8. The van der Waals surface area contributed by atoms with Crippen LogP contribution in [0.2, 0.25) is 0 Å². The van der Waals surface area contributed by atoms with Crippen LogP contribution < -0.4 is 14.9 Å². The maximum absolute atomic E-state index is 14.6. The zero-order valence-electron chi connectivity index (χ0n) is 40.4. The maximum atomic E-state index is 14.6. The number of phenolic OH excluding ortho intramolecular Hbond substituents is 3. The molecule has 0 saturated carbocycles. The van der Waals surface area contributed by atoms with Crippen molar-refractivity contribution in [3.63, 3.8) is 0 Å². The number of aliphatic hydroxyl groups excluding tert-OH is 14. The van der Waals surface area contributed by atoms with Gasteiger partial charge in [0.1, 0.15) is 126 Å². The van der Waals surface area contributed by atoms with E-state index in [0.717, 1.165) is 18.2 Å². The van der Waals surface area contributed by atoms with E-state index in [0.29, 0.717) is 0 Å². The van der Waals surface area contributed by atoms with Crippen LogP contribution >= 0.6 is 0 Å². The first-order valence-corrected chi connectivity index (χ1v) is 23.8. The van der Waals surface area contributed by atoms with Gasteiger partial charge in [-0.3, -0.25) is 4.79 Å². The molecule has 0 amide bonds. The molecule has 8 rings (SSSR count). The number of benzene rings is 2. The molecule has 1 aromatic heterocycles. The van der Waals surface area contributed by atoms with Crippen LogP contribution in [0.25, 0.3) is 22.3 Å². The summed E-state index contributed by atoms with van der Waals surface area (Å²) in [5.74, 6) is -3.21. The molecule has 0 unspecified atom stereocenters. The number of methoxy groups -OCH3 is 1. The van der Waals surface area contributed by atoms with Crippen LogP contribution in [0.5, 0.6) is 28.7 Å². The van der Waals surface area contributed by atoms with E-state index in [1.165, 1.54) is 33.1 Å². The van der Waals surface area contributed by atoms with Crippen LogP contribution in [0, 0.1) is 0 Å². The number of phenols is 3. The van der Waals surface area contributed by atoms with Gasteiger partial charge in [-0.2, -0.15) is 0 Å². The van der Waals surface area contributed by atoms with Gasteiger partial charge in [-0.05, 0) is 32.0 Å². The van der Waals surface area contributed by atoms with E-state index in [1.807, 2.05) is 0 Å². The molecule has 2 aromatic carbocycles. The van der Waals surface area contributed by atoms with E-state index in [-0.39, 0.29) is 17.1 Å². The summed E-state index contributed by atoms with van der Waals surface area (Å²) in [6, 6.07) is 5.39. The highest BCUT2D eigenvalue weighted by atomic mass is 16.8. The molecule has 76 heavy (non-hydrogen) atoms. The molecular weight excluding hydrogens is 1030 g/mol. The van der Waals surface area contributed by atoms with Crippen LogP contribution in [0.4, 0.5) is 0 Å². The highest BCUT2D eigenvalue weighted by Gasteiger charge is 2.56. The van der Waals surface area contributed by atoms with E-state index in [4.69, 9.17) is 56.5 Å². The minimum Gasteiger partial charge on any atom is -0.508 e. The van der Waals surface area contributed by atoms with Gasteiger partial charge in [0.25, 0.3) is 0 Å². The van der Waals surface area contributed by atoms with Crippen LogP contribution in [0.1, 0.15) is 13.8 Å². The third-order valence-electron chi connectivity index (χ3n) is 13.8. The van der Waals surface area contributed by atoms with E-state index >= 15 is 0 Å². The second kappa shape index (κ2) is 23.6.